The van der Waals surface area contributed by atoms with Gasteiger partial charge in [0.15, 0.2) is 0 Å². The largest absolute Gasteiger partial charge is 0.331 e. The maximum atomic E-state index is 12.6. The Bertz CT molecular complexity index is 1010. The molecule has 156 valence electrons. The minimum atomic E-state index is -0.431. The van der Waals surface area contributed by atoms with Crippen molar-refractivity contribution in [3.05, 3.63) is 70.0 Å². The third kappa shape index (κ3) is 5.93. The molecule has 0 aliphatic rings. The van der Waals surface area contributed by atoms with Gasteiger partial charge in [-0.15, -0.1) is 0 Å². The van der Waals surface area contributed by atoms with Crippen LogP contribution in [0.2, 0.25) is 0 Å². The van der Waals surface area contributed by atoms with E-state index in [-0.39, 0.29) is 5.56 Å². The number of benzene rings is 2. The van der Waals surface area contributed by atoms with Crippen molar-refractivity contribution in [2.24, 2.45) is 12.8 Å². The van der Waals surface area contributed by atoms with Crippen molar-refractivity contribution >= 4 is 28.3 Å². The predicted molar refractivity (Wildman–Crippen MR) is 124 cm³/mol. The smallest absolute Gasteiger partial charge is 0.323 e. The normalized spacial score (nSPS) is 9.62. The van der Waals surface area contributed by atoms with Gasteiger partial charge in [0, 0.05) is 18.1 Å². The van der Waals surface area contributed by atoms with Crippen LogP contribution in [-0.4, -0.2) is 17.1 Å². The summed E-state index contributed by atoms with van der Waals surface area (Å²) < 4.78 is 1.55. The number of aromatic nitrogens is 1. The summed E-state index contributed by atoms with van der Waals surface area (Å²) in [5.41, 5.74) is 8.17. The van der Waals surface area contributed by atoms with Gasteiger partial charge in [-0.05, 0) is 43.7 Å². The number of pyridine rings is 1. The fourth-order valence-corrected chi connectivity index (χ4v) is 2.78. The summed E-state index contributed by atoms with van der Waals surface area (Å²) in [5, 5.41) is 6.42. The number of carbonyl (C=O) groups excluding carboxylic acids is 1. The first kappa shape index (κ1) is 23.9. The van der Waals surface area contributed by atoms with Crippen molar-refractivity contribution in [3.8, 4) is 0 Å². The highest BCUT2D eigenvalue weighted by Crippen LogP contribution is 2.22. The van der Waals surface area contributed by atoms with Gasteiger partial charge in [0.1, 0.15) is 5.69 Å². The van der Waals surface area contributed by atoms with Gasteiger partial charge in [-0.25, -0.2) is 4.79 Å². The standard InChI is InChI=1S/C19H19N3O2.C2H7N.C2H6/c1-12-8-4-6-10-15(12)20-19(24)21-17-13(2)14-9-5-7-11-16(14)22(3)18(17)23;1-2-3;1-2/h4-11H,1-3H3,(H2,20,21,24);2-3H2,1H3;1-2H3. The van der Waals surface area contributed by atoms with Crippen molar-refractivity contribution in [1.29, 1.82) is 0 Å². The van der Waals surface area contributed by atoms with Crippen LogP contribution in [0.1, 0.15) is 31.9 Å². The van der Waals surface area contributed by atoms with Gasteiger partial charge in [-0.1, -0.05) is 57.2 Å². The zero-order valence-corrected chi connectivity index (χ0v) is 18.2. The molecule has 1 aromatic heterocycles. The number of amides is 2. The minimum absolute atomic E-state index is 0.230. The van der Waals surface area contributed by atoms with Gasteiger partial charge < -0.3 is 20.9 Å². The first-order chi connectivity index (χ1) is 13.9. The number of nitrogens with zero attached hydrogens (tertiary/aromatic N) is 1. The number of urea groups is 1. The maximum absolute atomic E-state index is 12.6. The molecule has 0 saturated carbocycles. The van der Waals surface area contributed by atoms with Gasteiger partial charge >= 0.3 is 6.03 Å². The van der Waals surface area contributed by atoms with Gasteiger partial charge in [0.05, 0.1) is 5.52 Å². The summed E-state index contributed by atoms with van der Waals surface area (Å²) in [6, 6.07) is 14.7. The highest BCUT2D eigenvalue weighted by molar-refractivity contribution is 6.02. The van der Waals surface area contributed by atoms with E-state index in [0.717, 1.165) is 28.6 Å². The highest BCUT2D eigenvalue weighted by Gasteiger charge is 2.14. The topological polar surface area (TPSA) is 89.1 Å². The number of para-hydroxylation sites is 2. The van der Waals surface area contributed by atoms with Crippen LogP contribution >= 0.6 is 0 Å². The quantitative estimate of drug-likeness (QED) is 0.582. The lowest BCUT2D eigenvalue weighted by molar-refractivity contribution is 0.262. The molecule has 2 amide bonds. The van der Waals surface area contributed by atoms with E-state index in [9.17, 15) is 9.59 Å². The molecule has 0 aliphatic carbocycles. The number of rotatable bonds is 2. The lowest BCUT2D eigenvalue weighted by Gasteiger charge is -2.14. The Morgan fingerprint density at radius 3 is 2.17 bits per heavy atom. The number of carbonyl (C=O) groups is 1. The zero-order valence-electron chi connectivity index (χ0n) is 18.2. The van der Waals surface area contributed by atoms with Crippen LogP contribution < -0.4 is 21.9 Å². The summed E-state index contributed by atoms with van der Waals surface area (Å²) >= 11 is 0. The van der Waals surface area contributed by atoms with Crippen molar-refractivity contribution in [1.82, 2.24) is 4.57 Å². The third-order valence-corrected chi connectivity index (χ3v) is 4.19. The molecule has 2 aromatic carbocycles. The molecule has 0 radical (unpaired) electrons. The van der Waals surface area contributed by atoms with E-state index in [0.29, 0.717) is 11.4 Å². The SMILES string of the molecule is CC.CCN.Cc1ccccc1NC(=O)Nc1c(C)c2ccccc2n(C)c1=O. The highest BCUT2D eigenvalue weighted by atomic mass is 16.2. The molecular formula is C23H32N4O2. The second kappa shape index (κ2) is 11.7. The molecule has 29 heavy (non-hydrogen) atoms. The fraction of sp³-hybridized carbons (Fsp3) is 0.304. The van der Waals surface area contributed by atoms with Crippen LogP contribution in [0, 0.1) is 13.8 Å². The molecule has 0 aliphatic heterocycles. The number of hydrogen-bond donors (Lipinski definition) is 3. The number of anilines is 2. The predicted octanol–water partition coefficient (Wildman–Crippen LogP) is 4.79. The number of nitrogens with two attached hydrogens (primary N) is 1. The Hall–Kier alpha value is -3.12. The first-order valence-corrected chi connectivity index (χ1v) is 9.82. The lowest BCUT2D eigenvalue weighted by atomic mass is 10.1. The van der Waals surface area contributed by atoms with Crippen LogP contribution in [0.4, 0.5) is 16.2 Å². The molecule has 0 fully saturated rings. The van der Waals surface area contributed by atoms with Crippen LogP contribution in [-0.2, 0) is 7.05 Å². The molecule has 6 heteroatoms. The Morgan fingerprint density at radius 1 is 1.00 bits per heavy atom. The fourth-order valence-electron chi connectivity index (χ4n) is 2.78. The average molecular weight is 397 g/mol. The van der Waals surface area contributed by atoms with E-state index in [1.165, 1.54) is 0 Å². The van der Waals surface area contributed by atoms with Crippen molar-refractivity contribution in [3.63, 3.8) is 0 Å². The zero-order chi connectivity index (χ0) is 22.0. The molecular weight excluding hydrogens is 364 g/mol. The Morgan fingerprint density at radius 2 is 1.55 bits per heavy atom. The van der Waals surface area contributed by atoms with Crippen LogP contribution in [0.15, 0.2) is 53.3 Å². The number of fused-ring (bicyclic) bond motifs is 1. The lowest BCUT2D eigenvalue weighted by Crippen LogP contribution is -2.28. The molecule has 0 atom stereocenters. The molecule has 1 heterocycles. The van der Waals surface area contributed by atoms with Crippen LogP contribution in [0.5, 0.6) is 0 Å². The van der Waals surface area contributed by atoms with E-state index < -0.39 is 6.03 Å². The molecule has 4 N–H and O–H groups in total. The minimum Gasteiger partial charge on any atom is -0.331 e. The van der Waals surface area contributed by atoms with Crippen molar-refractivity contribution in [2.45, 2.75) is 34.6 Å². The molecule has 0 bridgehead atoms. The Labute approximate surface area is 172 Å². The molecule has 3 aromatic rings. The summed E-state index contributed by atoms with van der Waals surface area (Å²) in [4.78, 5) is 24.9. The molecule has 0 saturated heterocycles. The van der Waals surface area contributed by atoms with E-state index in [4.69, 9.17) is 5.73 Å². The maximum Gasteiger partial charge on any atom is 0.323 e. The van der Waals surface area contributed by atoms with Gasteiger partial charge in [0.25, 0.3) is 5.56 Å². The van der Waals surface area contributed by atoms with E-state index in [1.54, 1.807) is 11.6 Å². The average Bonchev–Trinajstić information content (AvgIpc) is 2.73. The molecule has 0 unspecified atom stereocenters. The van der Waals surface area contributed by atoms with Crippen molar-refractivity contribution < 1.29 is 4.79 Å². The summed E-state index contributed by atoms with van der Waals surface area (Å²) in [6.07, 6.45) is 0. The van der Waals surface area contributed by atoms with E-state index in [1.807, 2.05) is 83.1 Å². The molecule has 0 spiro atoms. The Kier molecular flexibility index (Phi) is 9.62. The second-order valence-electron chi connectivity index (χ2n) is 6.18. The number of nitrogens with one attached hydrogen (secondary N) is 2. The first-order valence-electron chi connectivity index (χ1n) is 9.82. The van der Waals surface area contributed by atoms with E-state index >= 15 is 0 Å². The van der Waals surface area contributed by atoms with Crippen LogP contribution in [0.3, 0.4) is 0 Å². The monoisotopic (exact) mass is 396 g/mol. The molecule has 6 nitrogen and oxygen atoms in total. The molecule has 3 rings (SSSR count). The van der Waals surface area contributed by atoms with E-state index in [2.05, 4.69) is 10.6 Å². The summed E-state index contributed by atoms with van der Waals surface area (Å²) in [7, 11) is 1.70. The van der Waals surface area contributed by atoms with Gasteiger partial charge in [-0.3, -0.25) is 4.79 Å². The van der Waals surface area contributed by atoms with Crippen molar-refractivity contribution in [2.75, 3.05) is 17.2 Å². The summed E-state index contributed by atoms with van der Waals surface area (Å²) in [5.74, 6) is 0. The summed E-state index contributed by atoms with van der Waals surface area (Å²) in [6.45, 7) is 10.4. The third-order valence-electron chi connectivity index (χ3n) is 4.19. The number of aryl methyl sites for hydroxylation is 3. The Balaban J connectivity index is 0.000000771. The van der Waals surface area contributed by atoms with Crippen LogP contribution in [0.25, 0.3) is 10.9 Å². The van der Waals surface area contributed by atoms with Gasteiger partial charge in [-0.2, -0.15) is 0 Å². The number of hydrogen-bond acceptors (Lipinski definition) is 3. The van der Waals surface area contributed by atoms with Gasteiger partial charge in [0.2, 0.25) is 0 Å². The second-order valence-corrected chi connectivity index (χ2v) is 6.18.